The van der Waals surface area contributed by atoms with Gasteiger partial charge in [0.1, 0.15) is 5.69 Å². The molecule has 0 radical (unpaired) electrons. The molecule has 1 heterocycles. The summed E-state index contributed by atoms with van der Waals surface area (Å²) in [7, 11) is 0. The molecule has 1 aliphatic rings. The second-order valence-electron chi connectivity index (χ2n) is 5.58. The topological polar surface area (TPSA) is 71.8 Å². The number of hydrogen-bond acceptors (Lipinski definition) is 3. The van der Waals surface area contributed by atoms with Crippen molar-refractivity contribution in [2.24, 2.45) is 0 Å². The highest BCUT2D eigenvalue weighted by Gasteiger charge is 2.18. The SMILES string of the molecule is CCn1ncc(CNC(=O)Nc2ccc(C3CCC3)cc2)n1. The smallest absolute Gasteiger partial charge is 0.319 e. The lowest BCUT2D eigenvalue weighted by Gasteiger charge is -2.25. The molecule has 1 saturated carbocycles. The van der Waals surface area contributed by atoms with Crippen molar-refractivity contribution in [3.8, 4) is 0 Å². The minimum Gasteiger partial charge on any atom is -0.332 e. The Labute approximate surface area is 129 Å². The van der Waals surface area contributed by atoms with Gasteiger partial charge in [0.15, 0.2) is 0 Å². The summed E-state index contributed by atoms with van der Waals surface area (Å²) in [6, 6.07) is 7.89. The number of carbonyl (C=O) groups excluding carboxylic acids is 1. The largest absolute Gasteiger partial charge is 0.332 e. The van der Waals surface area contributed by atoms with Crippen molar-refractivity contribution in [1.82, 2.24) is 20.3 Å². The van der Waals surface area contributed by atoms with Crippen LogP contribution in [-0.2, 0) is 13.1 Å². The normalized spacial score (nSPS) is 14.4. The van der Waals surface area contributed by atoms with Crippen LogP contribution in [0.2, 0.25) is 0 Å². The highest BCUT2D eigenvalue weighted by molar-refractivity contribution is 5.89. The Kier molecular flexibility index (Phi) is 4.37. The van der Waals surface area contributed by atoms with Gasteiger partial charge in [-0.15, -0.1) is 0 Å². The standard InChI is InChI=1S/C16H21N5O/c1-2-21-18-11-15(20-21)10-17-16(22)19-14-8-6-13(7-9-14)12-4-3-5-12/h6-9,11-12H,2-5,10H2,1H3,(H2,17,19,22). The molecule has 0 unspecified atom stereocenters. The number of carbonyl (C=O) groups is 1. The molecule has 2 amide bonds. The van der Waals surface area contributed by atoms with Crippen LogP contribution in [0.25, 0.3) is 0 Å². The maximum atomic E-state index is 11.9. The first-order chi connectivity index (χ1) is 10.7. The van der Waals surface area contributed by atoms with Gasteiger partial charge in [-0.3, -0.25) is 0 Å². The van der Waals surface area contributed by atoms with Crippen LogP contribution in [0.5, 0.6) is 0 Å². The second kappa shape index (κ2) is 6.60. The molecule has 22 heavy (non-hydrogen) atoms. The molecule has 1 aromatic heterocycles. The van der Waals surface area contributed by atoms with Crippen LogP contribution in [0.15, 0.2) is 30.5 Å². The van der Waals surface area contributed by atoms with E-state index in [0.717, 1.165) is 17.9 Å². The summed E-state index contributed by atoms with van der Waals surface area (Å²) in [5.74, 6) is 0.712. The molecule has 0 aliphatic heterocycles. The van der Waals surface area contributed by atoms with Crippen LogP contribution in [-0.4, -0.2) is 21.0 Å². The Morgan fingerprint density at radius 2 is 2.09 bits per heavy atom. The molecule has 6 nitrogen and oxygen atoms in total. The average molecular weight is 299 g/mol. The zero-order valence-electron chi connectivity index (χ0n) is 12.7. The first kappa shape index (κ1) is 14.6. The number of rotatable bonds is 5. The third-order valence-electron chi connectivity index (χ3n) is 4.04. The van der Waals surface area contributed by atoms with E-state index in [0.29, 0.717) is 12.5 Å². The first-order valence-electron chi connectivity index (χ1n) is 7.78. The third-order valence-corrected chi connectivity index (χ3v) is 4.04. The molecule has 6 heteroatoms. The van der Waals surface area contributed by atoms with Crippen LogP contribution in [0.4, 0.5) is 10.5 Å². The van der Waals surface area contributed by atoms with Crippen molar-refractivity contribution in [3.05, 3.63) is 41.7 Å². The predicted octanol–water partition coefficient (Wildman–Crippen LogP) is 2.89. The van der Waals surface area contributed by atoms with E-state index in [-0.39, 0.29) is 6.03 Å². The average Bonchev–Trinajstić information content (AvgIpc) is 2.93. The van der Waals surface area contributed by atoms with E-state index in [1.54, 1.807) is 11.0 Å². The number of hydrogen-bond donors (Lipinski definition) is 2. The molecule has 0 bridgehead atoms. The number of anilines is 1. The highest BCUT2D eigenvalue weighted by Crippen LogP contribution is 2.36. The Bertz CT molecular complexity index is 630. The molecule has 0 saturated heterocycles. The molecule has 0 spiro atoms. The summed E-state index contributed by atoms with van der Waals surface area (Å²) < 4.78 is 0. The van der Waals surface area contributed by atoms with E-state index in [1.807, 2.05) is 19.1 Å². The molecule has 0 atom stereocenters. The van der Waals surface area contributed by atoms with Crippen molar-refractivity contribution in [3.63, 3.8) is 0 Å². The number of aromatic nitrogens is 3. The lowest BCUT2D eigenvalue weighted by molar-refractivity contribution is 0.251. The Balaban J connectivity index is 1.48. The van der Waals surface area contributed by atoms with Gasteiger partial charge in [0, 0.05) is 5.69 Å². The number of amides is 2. The van der Waals surface area contributed by atoms with E-state index in [9.17, 15) is 4.79 Å². The Morgan fingerprint density at radius 3 is 2.68 bits per heavy atom. The van der Waals surface area contributed by atoms with E-state index >= 15 is 0 Å². The molecule has 1 fully saturated rings. The first-order valence-corrected chi connectivity index (χ1v) is 7.78. The molecular formula is C16H21N5O. The molecule has 3 rings (SSSR count). The number of nitrogens with one attached hydrogen (secondary N) is 2. The van der Waals surface area contributed by atoms with Crippen LogP contribution in [0, 0.1) is 0 Å². The van der Waals surface area contributed by atoms with E-state index in [2.05, 4.69) is 33.0 Å². The van der Waals surface area contributed by atoms with E-state index in [1.165, 1.54) is 24.8 Å². The van der Waals surface area contributed by atoms with Gasteiger partial charge < -0.3 is 10.6 Å². The molecule has 1 aliphatic carbocycles. The van der Waals surface area contributed by atoms with E-state index in [4.69, 9.17) is 0 Å². The summed E-state index contributed by atoms with van der Waals surface area (Å²) in [5, 5.41) is 13.9. The minimum atomic E-state index is -0.234. The minimum absolute atomic E-state index is 0.234. The van der Waals surface area contributed by atoms with Gasteiger partial charge in [0.2, 0.25) is 0 Å². The monoisotopic (exact) mass is 299 g/mol. The van der Waals surface area contributed by atoms with Crippen LogP contribution < -0.4 is 10.6 Å². The van der Waals surface area contributed by atoms with Crippen LogP contribution in [0.3, 0.4) is 0 Å². The summed E-state index contributed by atoms with van der Waals surface area (Å²) in [5.41, 5.74) is 2.92. The van der Waals surface area contributed by atoms with Gasteiger partial charge in [-0.25, -0.2) is 4.79 Å². The van der Waals surface area contributed by atoms with Crippen LogP contribution >= 0.6 is 0 Å². The van der Waals surface area contributed by atoms with Gasteiger partial charge in [-0.05, 0) is 43.4 Å². The summed E-state index contributed by atoms with van der Waals surface area (Å²) >= 11 is 0. The molecular weight excluding hydrogens is 278 g/mol. The van der Waals surface area contributed by atoms with Crippen molar-refractivity contribution in [2.75, 3.05) is 5.32 Å². The molecule has 1 aromatic carbocycles. The molecule has 2 N–H and O–H groups in total. The Morgan fingerprint density at radius 1 is 1.32 bits per heavy atom. The van der Waals surface area contributed by atoms with Crippen molar-refractivity contribution >= 4 is 11.7 Å². The maximum Gasteiger partial charge on any atom is 0.319 e. The number of nitrogens with zero attached hydrogens (tertiary/aromatic N) is 3. The predicted molar refractivity (Wildman–Crippen MR) is 84.6 cm³/mol. The number of benzene rings is 1. The van der Waals surface area contributed by atoms with E-state index < -0.39 is 0 Å². The van der Waals surface area contributed by atoms with Gasteiger partial charge in [-0.1, -0.05) is 18.6 Å². The van der Waals surface area contributed by atoms with Crippen molar-refractivity contribution < 1.29 is 4.79 Å². The summed E-state index contributed by atoms with van der Waals surface area (Å²) in [6.07, 6.45) is 5.56. The number of urea groups is 1. The highest BCUT2D eigenvalue weighted by atomic mass is 16.2. The third kappa shape index (κ3) is 3.44. The van der Waals surface area contributed by atoms with Gasteiger partial charge in [0.25, 0.3) is 0 Å². The zero-order valence-corrected chi connectivity index (χ0v) is 12.7. The lowest BCUT2D eigenvalue weighted by Crippen LogP contribution is -2.28. The summed E-state index contributed by atoms with van der Waals surface area (Å²) in [4.78, 5) is 13.5. The lowest BCUT2D eigenvalue weighted by atomic mass is 9.80. The fourth-order valence-corrected chi connectivity index (χ4v) is 2.49. The van der Waals surface area contributed by atoms with Crippen molar-refractivity contribution in [1.29, 1.82) is 0 Å². The maximum absolute atomic E-state index is 11.9. The van der Waals surface area contributed by atoms with Gasteiger partial charge in [-0.2, -0.15) is 15.0 Å². The van der Waals surface area contributed by atoms with Gasteiger partial charge in [0.05, 0.1) is 19.3 Å². The zero-order chi connectivity index (χ0) is 15.4. The molecule has 116 valence electrons. The fourth-order valence-electron chi connectivity index (χ4n) is 2.49. The molecule has 2 aromatic rings. The van der Waals surface area contributed by atoms with Crippen LogP contribution in [0.1, 0.15) is 43.4 Å². The Hall–Kier alpha value is -2.37. The second-order valence-corrected chi connectivity index (χ2v) is 5.58. The van der Waals surface area contributed by atoms with Crippen molar-refractivity contribution in [2.45, 2.75) is 45.2 Å². The quantitative estimate of drug-likeness (QED) is 0.891. The fraction of sp³-hybridized carbons (Fsp3) is 0.438. The summed E-state index contributed by atoms with van der Waals surface area (Å²) in [6.45, 7) is 3.06. The number of aryl methyl sites for hydroxylation is 1. The van der Waals surface area contributed by atoms with Gasteiger partial charge >= 0.3 is 6.03 Å².